The Morgan fingerprint density at radius 1 is 1.39 bits per heavy atom. The molecule has 104 valence electrons. The molecule has 2 N–H and O–H groups in total. The SMILES string of the molecule is COCC1(C(=O)NC2CCC(C)C2)CCNCC1. The van der Waals surface area contributed by atoms with E-state index in [-0.39, 0.29) is 11.3 Å². The minimum Gasteiger partial charge on any atom is -0.384 e. The van der Waals surface area contributed by atoms with E-state index in [4.69, 9.17) is 4.74 Å². The van der Waals surface area contributed by atoms with Gasteiger partial charge in [-0.2, -0.15) is 0 Å². The second kappa shape index (κ2) is 6.02. The van der Waals surface area contributed by atoms with Crippen LogP contribution in [-0.4, -0.2) is 38.8 Å². The van der Waals surface area contributed by atoms with Gasteiger partial charge >= 0.3 is 0 Å². The van der Waals surface area contributed by atoms with Crippen LogP contribution in [-0.2, 0) is 9.53 Å². The molecule has 4 heteroatoms. The van der Waals surface area contributed by atoms with Gasteiger partial charge < -0.3 is 15.4 Å². The molecule has 1 saturated heterocycles. The lowest BCUT2D eigenvalue weighted by Crippen LogP contribution is -2.52. The van der Waals surface area contributed by atoms with E-state index in [1.165, 1.54) is 6.42 Å². The number of carbonyl (C=O) groups excluding carboxylic acids is 1. The highest BCUT2D eigenvalue weighted by Gasteiger charge is 2.40. The van der Waals surface area contributed by atoms with Gasteiger partial charge in [-0.15, -0.1) is 0 Å². The predicted octanol–water partition coefficient (Wildman–Crippen LogP) is 1.31. The monoisotopic (exact) mass is 254 g/mol. The maximum atomic E-state index is 12.6. The van der Waals surface area contributed by atoms with Crippen LogP contribution in [0.3, 0.4) is 0 Å². The Morgan fingerprint density at radius 3 is 2.67 bits per heavy atom. The van der Waals surface area contributed by atoms with Gasteiger partial charge in [0.1, 0.15) is 0 Å². The molecule has 1 saturated carbocycles. The van der Waals surface area contributed by atoms with Gasteiger partial charge in [0.25, 0.3) is 0 Å². The van der Waals surface area contributed by atoms with Gasteiger partial charge in [0.2, 0.25) is 5.91 Å². The average molecular weight is 254 g/mol. The smallest absolute Gasteiger partial charge is 0.228 e. The summed E-state index contributed by atoms with van der Waals surface area (Å²) in [5, 5.41) is 6.58. The third-order valence-corrected chi connectivity index (χ3v) is 4.49. The summed E-state index contributed by atoms with van der Waals surface area (Å²) < 4.78 is 5.30. The van der Waals surface area contributed by atoms with Gasteiger partial charge in [0.05, 0.1) is 12.0 Å². The third kappa shape index (κ3) is 3.04. The van der Waals surface area contributed by atoms with Crippen LogP contribution < -0.4 is 10.6 Å². The zero-order valence-corrected chi connectivity index (χ0v) is 11.6. The maximum absolute atomic E-state index is 12.6. The van der Waals surface area contributed by atoms with Crippen LogP contribution in [0.4, 0.5) is 0 Å². The van der Waals surface area contributed by atoms with Crippen molar-refractivity contribution in [2.45, 2.75) is 45.1 Å². The van der Waals surface area contributed by atoms with Crippen molar-refractivity contribution in [3.05, 3.63) is 0 Å². The summed E-state index contributed by atoms with van der Waals surface area (Å²) in [4.78, 5) is 12.6. The molecule has 0 bridgehead atoms. The number of rotatable bonds is 4. The Morgan fingerprint density at radius 2 is 2.11 bits per heavy atom. The molecule has 2 atom stereocenters. The van der Waals surface area contributed by atoms with Gasteiger partial charge in [0, 0.05) is 13.2 Å². The van der Waals surface area contributed by atoms with Gasteiger partial charge in [0.15, 0.2) is 0 Å². The first-order chi connectivity index (χ1) is 8.66. The van der Waals surface area contributed by atoms with E-state index in [9.17, 15) is 4.79 Å². The molecule has 2 aliphatic rings. The fraction of sp³-hybridized carbons (Fsp3) is 0.929. The number of amides is 1. The number of ether oxygens (including phenoxy) is 1. The van der Waals surface area contributed by atoms with Crippen molar-refractivity contribution >= 4 is 5.91 Å². The number of hydrogen-bond donors (Lipinski definition) is 2. The van der Waals surface area contributed by atoms with Crippen LogP contribution in [0.1, 0.15) is 39.0 Å². The van der Waals surface area contributed by atoms with Crippen LogP contribution in [0.15, 0.2) is 0 Å². The number of carbonyl (C=O) groups is 1. The van der Waals surface area contributed by atoms with Gasteiger partial charge in [-0.25, -0.2) is 0 Å². The van der Waals surface area contributed by atoms with Crippen LogP contribution in [0.5, 0.6) is 0 Å². The molecule has 4 nitrogen and oxygen atoms in total. The van der Waals surface area contributed by atoms with Crippen molar-refractivity contribution in [3.8, 4) is 0 Å². The number of nitrogens with one attached hydrogen (secondary N) is 2. The molecule has 0 spiro atoms. The molecule has 1 aliphatic carbocycles. The largest absolute Gasteiger partial charge is 0.384 e. The lowest BCUT2D eigenvalue weighted by atomic mass is 9.78. The van der Waals surface area contributed by atoms with Gasteiger partial charge in [-0.05, 0) is 51.1 Å². The Bertz CT molecular complexity index is 282. The fourth-order valence-corrected chi connectivity index (χ4v) is 3.30. The Balaban J connectivity index is 1.95. The summed E-state index contributed by atoms with van der Waals surface area (Å²) in [5.41, 5.74) is -0.300. The normalized spacial score (nSPS) is 31.2. The minimum atomic E-state index is -0.300. The molecule has 1 amide bonds. The van der Waals surface area contributed by atoms with Crippen LogP contribution >= 0.6 is 0 Å². The van der Waals surface area contributed by atoms with E-state index < -0.39 is 0 Å². The molecule has 0 radical (unpaired) electrons. The molecule has 2 unspecified atom stereocenters. The zero-order valence-electron chi connectivity index (χ0n) is 11.6. The molecule has 0 aromatic heterocycles. The first kappa shape index (κ1) is 13.8. The van der Waals surface area contributed by atoms with Crippen molar-refractivity contribution in [1.82, 2.24) is 10.6 Å². The highest BCUT2D eigenvalue weighted by atomic mass is 16.5. The lowest BCUT2D eigenvalue weighted by molar-refractivity contribution is -0.136. The summed E-state index contributed by atoms with van der Waals surface area (Å²) in [6, 6.07) is 0.385. The van der Waals surface area contributed by atoms with Gasteiger partial charge in [-0.1, -0.05) is 6.92 Å². The van der Waals surface area contributed by atoms with Crippen LogP contribution in [0.25, 0.3) is 0 Å². The fourth-order valence-electron chi connectivity index (χ4n) is 3.30. The predicted molar refractivity (Wildman–Crippen MR) is 71.4 cm³/mol. The van der Waals surface area contributed by atoms with Crippen molar-refractivity contribution < 1.29 is 9.53 Å². The van der Waals surface area contributed by atoms with Crippen molar-refractivity contribution in [1.29, 1.82) is 0 Å². The second-order valence-electron chi connectivity index (χ2n) is 6.05. The maximum Gasteiger partial charge on any atom is 0.228 e. The molecule has 0 aromatic rings. The minimum absolute atomic E-state index is 0.213. The molecule has 2 fully saturated rings. The first-order valence-electron chi connectivity index (χ1n) is 7.17. The van der Waals surface area contributed by atoms with E-state index in [1.807, 2.05) is 0 Å². The van der Waals surface area contributed by atoms with Gasteiger partial charge in [-0.3, -0.25) is 4.79 Å². The summed E-state index contributed by atoms with van der Waals surface area (Å²) >= 11 is 0. The first-order valence-corrected chi connectivity index (χ1v) is 7.17. The van der Waals surface area contributed by atoms with E-state index in [1.54, 1.807) is 7.11 Å². The summed E-state index contributed by atoms with van der Waals surface area (Å²) in [6.07, 6.45) is 5.27. The standard InChI is InChI=1S/C14H26N2O2/c1-11-3-4-12(9-11)16-13(17)14(10-18-2)5-7-15-8-6-14/h11-12,15H,3-10H2,1-2H3,(H,16,17). The molecule has 18 heavy (non-hydrogen) atoms. The third-order valence-electron chi connectivity index (χ3n) is 4.49. The van der Waals surface area contributed by atoms with E-state index in [2.05, 4.69) is 17.6 Å². The van der Waals surface area contributed by atoms with Crippen molar-refractivity contribution in [3.63, 3.8) is 0 Å². The average Bonchev–Trinajstić information content (AvgIpc) is 2.76. The number of piperidine rings is 1. The molecule has 2 rings (SSSR count). The van der Waals surface area contributed by atoms with Crippen LogP contribution in [0.2, 0.25) is 0 Å². The zero-order chi connectivity index (χ0) is 13.0. The molecular weight excluding hydrogens is 228 g/mol. The summed E-state index contributed by atoms with van der Waals surface area (Å²) in [5.74, 6) is 0.964. The molecule has 1 heterocycles. The Kier molecular flexibility index (Phi) is 4.62. The van der Waals surface area contributed by atoms with Crippen LogP contribution in [0, 0.1) is 11.3 Å². The molecule has 0 aromatic carbocycles. The highest BCUT2D eigenvalue weighted by molar-refractivity contribution is 5.83. The molecular formula is C14H26N2O2. The number of hydrogen-bond acceptors (Lipinski definition) is 3. The highest BCUT2D eigenvalue weighted by Crippen LogP contribution is 2.31. The number of methoxy groups -OCH3 is 1. The van der Waals surface area contributed by atoms with E-state index >= 15 is 0 Å². The molecule has 1 aliphatic heterocycles. The summed E-state index contributed by atoms with van der Waals surface area (Å²) in [6.45, 7) is 4.64. The topological polar surface area (TPSA) is 50.4 Å². The summed E-state index contributed by atoms with van der Waals surface area (Å²) in [7, 11) is 1.69. The second-order valence-corrected chi connectivity index (χ2v) is 6.05. The van der Waals surface area contributed by atoms with E-state index in [0.29, 0.717) is 12.6 Å². The Labute approximate surface area is 110 Å². The van der Waals surface area contributed by atoms with Crippen molar-refractivity contribution in [2.24, 2.45) is 11.3 Å². The lowest BCUT2D eigenvalue weighted by Gasteiger charge is -2.36. The van der Waals surface area contributed by atoms with E-state index in [0.717, 1.165) is 44.7 Å². The quantitative estimate of drug-likeness (QED) is 0.795. The van der Waals surface area contributed by atoms with Crippen molar-refractivity contribution in [2.75, 3.05) is 26.8 Å². The Hall–Kier alpha value is -0.610.